The molecule has 0 aromatic rings. The highest BCUT2D eigenvalue weighted by Gasteiger charge is 2.42. The van der Waals surface area contributed by atoms with E-state index in [1.54, 1.807) is 7.11 Å². The minimum Gasteiger partial charge on any atom is -0.392 e. The second-order valence-corrected chi connectivity index (χ2v) is 6.58. The molecule has 0 aromatic heterocycles. The van der Waals surface area contributed by atoms with E-state index >= 15 is 0 Å². The number of nitrogens with one attached hydrogen (secondary N) is 1. The molecule has 0 heterocycles. The van der Waals surface area contributed by atoms with E-state index in [0.717, 1.165) is 38.5 Å². The van der Waals surface area contributed by atoms with Crippen molar-refractivity contribution in [1.82, 2.24) is 5.32 Å². The van der Waals surface area contributed by atoms with E-state index in [2.05, 4.69) is 19.2 Å². The molecule has 0 aliphatic heterocycles. The van der Waals surface area contributed by atoms with E-state index in [1.165, 1.54) is 0 Å². The molecule has 1 unspecified atom stereocenters. The molecule has 1 amide bonds. The van der Waals surface area contributed by atoms with Gasteiger partial charge in [-0.2, -0.15) is 0 Å². The first-order chi connectivity index (χ1) is 9.44. The number of thiocarbonyl (C=S) groups is 1. The molecular weight excluding hydrogens is 272 g/mol. The van der Waals surface area contributed by atoms with Crippen molar-refractivity contribution in [2.24, 2.45) is 17.1 Å². The van der Waals surface area contributed by atoms with Crippen LogP contribution in [0.2, 0.25) is 0 Å². The summed E-state index contributed by atoms with van der Waals surface area (Å²) in [5.41, 5.74) is 5.28. The van der Waals surface area contributed by atoms with Crippen molar-refractivity contribution >= 4 is 23.1 Å². The highest BCUT2D eigenvalue weighted by Crippen LogP contribution is 2.36. The predicted octanol–water partition coefficient (Wildman–Crippen LogP) is 2.40. The van der Waals surface area contributed by atoms with Gasteiger partial charge in [-0.3, -0.25) is 4.79 Å². The maximum absolute atomic E-state index is 12.8. The summed E-state index contributed by atoms with van der Waals surface area (Å²) < 4.78 is 5.19. The third-order valence-electron chi connectivity index (χ3n) is 4.33. The maximum atomic E-state index is 12.8. The second kappa shape index (κ2) is 7.93. The number of hydrogen-bond acceptors (Lipinski definition) is 3. The van der Waals surface area contributed by atoms with Crippen molar-refractivity contribution in [2.45, 2.75) is 58.4 Å². The van der Waals surface area contributed by atoms with Crippen LogP contribution in [0.3, 0.4) is 0 Å². The van der Waals surface area contributed by atoms with Gasteiger partial charge in [0.15, 0.2) is 0 Å². The molecule has 0 spiro atoms. The first kappa shape index (κ1) is 17.4. The Kier molecular flexibility index (Phi) is 6.89. The Bertz CT molecular complexity index is 337. The van der Waals surface area contributed by atoms with Gasteiger partial charge in [-0.1, -0.05) is 51.7 Å². The van der Waals surface area contributed by atoms with E-state index in [4.69, 9.17) is 22.7 Å². The van der Waals surface area contributed by atoms with Gasteiger partial charge in [0.2, 0.25) is 5.91 Å². The Hall–Kier alpha value is -0.680. The summed E-state index contributed by atoms with van der Waals surface area (Å²) >= 11 is 5.23. The Morgan fingerprint density at radius 3 is 2.25 bits per heavy atom. The number of hydrogen-bond donors (Lipinski definition) is 2. The average molecular weight is 300 g/mol. The lowest BCUT2D eigenvalue weighted by atomic mass is 9.79. The fourth-order valence-electron chi connectivity index (χ4n) is 2.80. The summed E-state index contributed by atoms with van der Waals surface area (Å²) in [6, 6.07) is 0.00183. The Morgan fingerprint density at radius 2 is 1.85 bits per heavy atom. The van der Waals surface area contributed by atoms with Crippen molar-refractivity contribution in [1.29, 1.82) is 0 Å². The molecule has 0 bridgehead atoms. The summed E-state index contributed by atoms with van der Waals surface area (Å²) in [6.45, 7) is 4.66. The number of carbonyl (C=O) groups is 1. The molecule has 1 aliphatic carbocycles. The third kappa shape index (κ3) is 4.16. The summed E-state index contributed by atoms with van der Waals surface area (Å²) in [6.07, 6.45) is 5.88. The molecule has 1 fully saturated rings. The second-order valence-electron chi connectivity index (χ2n) is 6.14. The number of ether oxygens (including phenoxy) is 1. The van der Waals surface area contributed by atoms with Gasteiger partial charge in [-0.25, -0.2) is 0 Å². The van der Waals surface area contributed by atoms with Crippen LogP contribution in [0.5, 0.6) is 0 Å². The Labute approximate surface area is 127 Å². The monoisotopic (exact) mass is 300 g/mol. The van der Waals surface area contributed by atoms with Crippen LogP contribution in [0.15, 0.2) is 0 Å². The van der Waals surface area contributed by atoms with E-state index in [-0.39, 0.29) is 11.9 Å². The number of rotatable bonds is 6. The van der Waals surface area contributed by atoms with Crippen LogP contribution in [0.25, 0.3) is 0 Å². The van der Waals surface area contributed by atoms with Crippen LogP contribution in [-0.2, 0) is 9.53 Å². The first-order valence-electron chi connectivity index (χ1n) is 7.54. The van der Waals surface area contributed by atoms with E-state index in [9.17, 15) is 4.79 Å². The Morgan fingerprint density at radius 1 is 1.30 bits per heavy atom. The summed E-state index contributed by atoms with van der Waals surface area (Å²) in [5.74, 6) is 0.302. The molecule has 0 radical (unpaired) electrons. The van der Waals surface area contributed by atoms with Gasteiger partial charge in [-0.05, 0) is 18.8 Å². The zero-order valence-electron chi connectivity index (χ0n) is 12.9. The zero-order chi connectivity index (χ0) is 15.2. The summed E-state index contributed by atoms with van der Waals surface area (Å²) in [7, 11) is 1.65. The summed E-state index contributed by atoms with van der Waals surface area (Å²) in [5, 5.41) is 3.11. The Balaban J connectivity index is 2.85. The van der Waals surface area contributed by atoms with Gasteiger partial charge < -0.3 is 15.8 Å². The maximum Gasteiger partial charge on any atom is 0.233 e. The minimum absolute atomic E-state index is 0.00183. The smallest absolute Gasteiger partial charge is 0.233 e. The molecule has 116 valence electrons. The van der Waals surface area contributed by atoms with E-state index in [0.29, 0.717) is 17.5 Å². The lowest BCUT2D eigenvalue weighted by molar-refractivity contribution is -0.129. The lowest BCUT2D eigenvalue weighted by Gasteiger charge is -2.33. The zero-order valence-corrected chi connectivity index (χ0v) is 13.7. The molecule has 4 nitrogen and oxygen atoms in total. The molecule has 3 N–H and O–H groups in total. The molecule has 1 rings (SSSR count). The van der Waals surface area contributed by atoms with Crippen LogP contribution < -0.4 is 11.1 Å². The topological polar surface area (TPSA) is 64.3 Å². The molecule has 1 aliphatic rings. The number of carbonyl (C=O) groups excluding carboxylic acids is 1. The SMILES string of the molecule is COCC(NC(=O)C1(C(N)=S)CCCCCC1)C(C)C. The van der Waals surface area contributed by atoms with Crippen LogP contribution in [0, 0.1) is 11.3 Å². The van der Waals surface area contributed by atoms with E-state index in [1.807, 2.05) is 0 Å². The fourth-order valence-corrected chi connectivity index (χ4v) is 3.10. The van der Waals surface area contributed by atoms with E-state index < -0.39 is 5.41 Å². The van der Waals surface area contributed by atoms with Gasteiger partial charge in [0, 0.05) is 7.11 Å². The minimum atomic E-state index is -0.660. The van der Waals surface area contributed by atoms with Gasteiger partial charge in [0.05, 0.1) is 23.1 Å². The van der Waals surface area contributed by atoms with Crippen LogP contribution >= 0.6 is 12.2 Å². The van der Waals surface area contributed by atoms with Gasteiger partial charge in [-0.15, -0.1) is 0 Å². The molecule has 1 atom stereocenters. The highest BCUT2D eigenvalue weighted by atomic mass is 32.1. The van der Waals surface area contributed by atoms with Gasteiger partial charge >= 0.3 is 0 Å². The third-order valence-corrected chi connectivity index (χ3v) is 4.72. The van der Waals surface area contributed by atoms with Gasteiger partial charge in [0.1, 0.15) is 0 Å². The lowest BCUT2D eigenvalue weighted by Crippen LogP contribution is -2.53. The molecule has 0 saturated heterocycles. The number of nitrogens with two attached hydrogens (primary N) is 1. The quantitative estimate of drug-likeness (QED) is 0.584. The van der Waals surface area contributed by atoms with Crippen molar-refractivity contribution < 1.29 is 9.53 Å². The molecule has 20 heavy (non-hydrogen) atoms. The van der Waals surface area contributed by atoms with Crippen LogP contribution in [-0.4, -0.2) is 30.7 Å². The standard InChI is InChI=1S/C15H28N2O2S/c1-11(2)12(10-19-3)17-14(18)15(13(16)20)8-6-4-5-7-9-15/h11-12H,4-10H2,1-3H3,(H2,16,20)(H,17,18). The first-order valence-corrected chi connectivity index (χ1v) is 7.94. The molecule has 0 aromatic carbocycles. The van der Waals surface area contributed by atoms with Gasteiger partial charge in [0.25, 0.3) is 0 Å². The number of amides is 1. The van der Waals surface area contributed by atoms with Crippen LogP contribution in [0.1, 0.15) is 52.4 Å². The van der Waals surface area contributed by atoms with Crippen LogP contribution in [0.4, 0.5) is 0 Å². The molecule has 1 saturated carbocycles. The predicted molar refractivity (Wildman–Crippen MR) is 85.6 cm³/mol. The number of methoxy groups -OCH3 is 1. The fraction of sp³-hybridized carbons (Fsp3) is 0.867. The van der Waals surface area contributed by atoms with Crippen molar-refractivity contribution in [3.05, 3.63) is 0 Å². The summed E-state index contributed by atoms with van der Waals surface area (Å²) in [4.78, 5) is 13.1. The average Bonchev–Trinajstić information content (AvgIpc) is 2.64. The molecular formula is C15H28N2O2S. The van der Waals surface area contributed by atoms with Crippen molar-refractivity contribution in [2.75, 3.05) is 13.7 Å². The highest BCUT2D eigenvalue weighted by molar-refractivity contribution is 7.80. The normalized spacial score (nSPS) is 20.2. The molecule has 5 heteroatoms. The van der Waals surface area contributed by atoms with Crippen molar-refractivity contribution in [3.8, 4) is 0 Å². The van der Waals surface area contributed by atoms with Crippen molar-refractivity contribution in [3.63, 3.8) is 0 Å². The largest absolute Gasteiger partial charge is 0.392 e.